The van der Waals surface area contributed by atoms with Gasteiger partial charge < -0.3 is 4.74 Å². The number of rotatable bonds is 2. The molecule has 0 aromatic heterocycles. The number of carbonyl (C=O) groups excluding carboxylic acids is 1. The molecule has 0 saturated heterocycles. The van der Waals surface area contributed by atoms with E-state index < -0.39 is 0 Å². The first-order valence-electron chi connectivity index (χ1n) is 7.87. The number of hydrogen-bond donors (Lipinski definition) is 0. The summed E-state index contributed by atoms with van der Waals surface area (Å²) in [6.07, 6.45) is 0. The molecule has 0 saturated carbocycles. The van der Waals surface area contributed by atoms with Crippen molar-refractivity contribution in [2.24, 2.45) is 0 Å². The molecule has 4 aromatic rings. The second-order valence-corrected chi connectivity index (χ2v) is 5.76. The Morgan fingerprint density at radius 2 is 1.33 bits per heavy atom. The number of carbonyl (C=O) groups is 1. The third kappa shape index (κ3) is 2.33. The van der Waals surface area contributed by atoms with Crippen LogP contribution in [0.25, 0.3) is 32.7 Å². The van der Waals surface area contributed by atoms with Gasteiger partial charge in [0.15, 0.2) is 0 Å². The van der Waals surface area contributed by atoms with Gasteiger partial charge >= 0.3 is 5.97 Å². The lowest BCUT2D eigenvalue weighted by molar-refractivity contribution is 0.0601. The molecule has 0 amide bonds. The Bertz CT molecular complexity index is 1060. The summed E-state index contributed by atoms with van der Waals surface area (Å²) in [5, 5.41) is 4.69. The maximum atomic E-state index is 12.1. The van der Waals surface area contributed by atoms with E-state index in [2.05, 4.69) is 36.4 Å². The molecule has 0 aliphatic heterocycles. The Morgan fingerprint density at radius 3 is 2.12 bits per heavy atom. The van der Waals surface area contributed by atoms with Gasteiger partial charge in [0.05, 0.1) is 12.7 Å². The van der Waals surface area contributed by atoms with E-state index in [0.717, 1.165) is 21.9 Å². The molecule has 0 atom stereocenters. The fourth-order valence-electron chi connectivity index (χ4n) is 3.21. The van der Waals surface area contributed by atoms with Crippen molar-refractivity contribution in [3.05, 3.63) is 84.4 Å². The van der Waals surface area contributed by atoms with E-state index in [-0.39, 0.29) is 5.97 Å². The third-order valence-corrected chi connectivity index (χ3v) is 4.37. The summed E-state index contributed by atoms with van der Waals surface area (Å²) in [7, 11) is 1.41. The number of methoxy groups -OCH3 is 1. The molecule has 2 nitrogen and oxygen atoms in total. The molecule has 2 heteroatoms. The molecule has 0 N–H and O–H groups in total. The molecule has 116 valence electrons. The molecular formula is C22H16O2. The normalized spacial score (nSPS) is 10.9. The van der Waals surface area contributed by atoms with Gasteiger partial charge in [-0.1, -0.05) is 60.7 Å². The summed E-state index contributed by atoms with van der Waals surface area (Å²) in [4.78, 5) is 12.1. The van der Waals surface area contributed by atoms with Gasteiger partial charge in [-0.05, 0) is 50.9 Å². The topological polar surface area (TPSA) is 26.3 Å². The lowest BCUT2D eigenvalue weighted by Crippen LogP contribution is -2.03. The van der Waals surface area contributed by atoms with Crippen LogP contribution in [0.4, 0.5) is 0 Å². The standard InChI is InChI=1S/C22H16O2/c1-24-22(23)20-11-5-4-10-18(20)19-12-6-9-17-13-15-7-2-3-8-16(15)14-21(17)19/h2-14H,1H3. The van der Waals surface area contributed by atoms with Crippen LogP contribution in [0.2, 0.25) is 0 Å². The largest absolute Gasteiger partial charge is 0.465 e. The van der Waals surface area contributed by atoms with Gasteiger partial charge in [-0.3, -0.25) is 0 Å². The molecule has 0 heterocycles. The van der Waals surface area contributed by atoms with Gasteiger partial charge in [-0.15, -0.1) is 0 Å². The molecule has 0 spiro atoms. The lowest BCUT2D eigenvalue weighted by Gasteiger charge is -2.12. The number of hydrogen-bond acceptors (Lipinski definition) is 2. The molecule has 4 aromatic carbocycles. The Kier molecular flexibility index (Phi) is 3.51. The van der Waals surface area contributed by atoms with Gasteiger partial charge in [-0.25, -0.2) is 4.79 Å². The molecular weight excluding hydrogens is 296 g/mol. The van der Waals surface area contributed by atoms with Crippen molar-refractivity contribution in [1.82, 2.24) is 0 Å². The van der Waals surface area contributed by atoms with Crippen LogP contribution in [-0.4, -0.2) is 13.1 Å². The van der Waals surface area contributed by atoms with Crippen molar-refractivity contribution in [1.29, 1.82) is 0 Å². The maximum Gasteiger partial charge on any atom is 0.338 e. The zero-order valence-corrected chi connectivity index (χ0v) is 13.3. The number of fused-ring (bicyclic) bond motifs is 2. The monoisotopic (exact) mass is 312 g/mol. The number of esters is 1. The summed E-state index contributed by atoms with van der Waals surface area (Å²) >= 11 is 0. The van der Waals surface area contributed by atoms with E-state index in [0.29, 0.717) is 5.56 Å². The van der Waals surface area contributed by atoms with E-state index in [1.807, 2.05) is 36.4 Å². The number of ether oxygens (including phenoxy) is 1. The van der Waals surface area contributed by atoms with Crippen molar-refractivity contribution in [2.75, 3.05) is 7.11 Å². The second-order valence-electron chi connectivity index (χ2n) is 5.76. The highest BCUT2D eigenvalue weighted by atomic mass is 16.5. The smallest absolute Gasteiger partial charge is 0.338 e. The molecule has 4 rings (SSSR count). The van der Waals surface area contributed by atoms with Crippen molar-refractivity contribution >= 4 is 27.5 Å². The Labute approximate surface area is 140 Å². The fourth-order valence-corrected chi connectivity index (χ4v) is 3.21. The van der Waals surface area contributed by atoms with Crippen molar-refractivity contribution in [3.8, 4) is 11.1 Å². The van der Waals surface area contributed by atoms with Gasteiger partial charge in [0.1, 0.15) is 0 Å². The third-order valence-electron chi connectivity index (χ3n) is 4.37. The predicted molar refractivity (Wildman–Crippen MR) is 98.2 cm³/mol. The lowest BCUT2D eigenvalue weighted by atomic mass is 9.93. The molecule has 0 unspecified atom stereocenters. The highest BCUT2D eigenvalue weighted by Gasteiger charge is 2.14. The van der Waals surface area contributed by atoms with Crippen LogP contribution in [0.5, 0.6) is 0 Å². The van der Waals surface area contributed by atoms with Crippen LogP contribution in [0, 0.1) is 0 Å². The Hall–Kier alpha value is -3.13. The van der Waals surface area contributed by atoms with Crippen LogP contribution in [0.1, 0.15) is 10.4 Å². The SMILES string of the molecule is COC(=O)c1ccccc1-c1cccc2cc3ccccc3cc12. The minimum absolute atomic E-state index is 0.316. The number of benzene rings is 4. The molecule has 0 bridgehead atoms. The average molecular weight is 312 g/mol. The molecule has 0 aliphatic rings. The van der Waals surface area contributed by atoms with Gasteiger partial charge in [-0.2, -0.15) is 0 Å². The summed E-state index contributed by atoms with van der Waals surface area (Å²) in [5.74, 6) is -0.316. The van der Waals surface area contributed by atoms with Gasteiger partial charge in [0, 0.05) is 0 Å². The quantitative estimate of drug-likeness (QED) is 0.363. The average Bonchev–Trinajstić information content (AvgIpc) is 2.65. The first kappa shape index (κ1) is 14.5. The van der Waals surface area contributed by atoms with E-state index in [9.17, 15) is 4.79 Å². The summed E-state index contributed by atoms with van der Waals surface area (Å²) < 4.78 is 4.94. The zero-order chi connectivity index (χ0) is 16.5. The summed E-state index contributed by atoms with van der Waals surface area (Å²) in [6, 6.07) is 26.5. The van der Waals surface area contributed by atoms with Crippen LogP contribution < -0.4 is 0 Å². The minimum atomic E-state index is -0.316. The highest BCUT2D eigenvalue weighted by Crippen LogP contribution is 2.33. The Balaban J connectivity index is 2.04. The van der Waals surface area contributed by atoms with E-state index in [1.54, 1.807) is 6.07 Å². The Morgan fingerprint density at radius 1 is 0.708 bits per heavy atom. The van der Waals surface area contributed by atoms with E-state index in [1.165, 1.54) is 17.9 Å². The first-order valence-corrected chi connectivity index (χ1v) is 7.87. The summed E-state index contributed by atoms with van der Waals surface area (Å²) in [5.41, 5.74) is 2.52. The van der Waals surface area contributed by atoms with Crippen molar-refractivity contribution in [2.45, 2.75) is 0 Å². The highest BCUT2D eigenvalue weighted by molar-refractivity contribution is 6.08. The van der Waals surface area contributed by atoms with Crippen molar-refractivity contribution < 1.29 is 9.53 Å². The molecule has 0 radical (unpaired) electrons. The van der Waals surface area contributed by atoms with Crippen LogP contribution in [0.15, 0.2) is 78.9 Å². The summed E-state index contributed by atoms with van der Waals surface area (Å²) in [6.45, 7) is 0. The van der Waals surface area contributed by atoms with Gasteiger partial charge in [0.25, 0.3) is 0 Å². The van der Waals surface area contributed by atoms with Crippen LogP contribution in [-0.2, 0) is 4.74 Å². The van der Waals surface area contributed by atoms with Crippen LogP contribution in [0.3, 0.4) is 0 Å². The first-order chi connectivity index (χ1) is 11.8. The molecule has 0 aliphatic carbocycles. The molecule has 0 fully saturated rings. The molecule has 24 heavy (non-hydrogen) atoms. The van der Waals surface area contributed by atoms with Crippen LogP contribution >= 0.6 is 0 Å². The second kappa shape index (κ2) is 5.82. The predicted octanol–water partition coefficient (Wildman–Crippen LogP) is 5.45. The minimum Gasteiger partial charge on any atom is -0.465 e. The maximum absolute atomic E-state index is 12.1. The van der Waals surface area contributed by atoms with Crippen molar-refractivity contribution in [3.63, 3.8) is 0 Å². The zero-order valence-electron chi connectivity index (χ0n) is 13.3. The van der Waals surface area contributed by atoms with E-state index in [4.69, 9.17) is 4.74 Å². The fraction of sp³-hybridized carbons (Fsp3) is 0.0455. The van der Waals surface area contributed by atoms with E-state index >= 15 is 0 Å². The van der Waals surface area contributed by atoms with Gasteiger partial charge in [0.2, 0.25) is 0 Å².